The lowest BCUT2D eigenvalue weighted by Gasteiger charge is -2.04. The van der Waals surface area contributed by atoms with Crippen LogP contribution in [-0.4, -0.2) is 30.2 Å². The maximum atomic E-state index is 4.39. The molecule has 0 atom stereocenters. The predicted molar refractivity (Wildman–Crippen MR) is 93.1 cm³/mol. The van der Waals surface area contributed by atoms with Crippen molar-refractivity contribution in [2.75, 3.05) is 0 Å². The van der Waals surface area contributed by atoms with Gasteiger partial charge < -0.3 is 0 Å². The predicted octanol–water partition coefficient (Wildman–Crippen LogP) is 3.89. The van der Waals surface area contributed by atoms with E-state index in [-0.39, 0.29) is 0 Å². The third kappa shape index (κ3) is 2.87. The number of benzene rings is 1. The maximum absolute atomic E-state index is 4.39. The second-order valence-corrected chi connectivity index (χ2v) is 7.81. The van der Waals surface area contributed by atoms with E-state index in [1.807, 2.05) is 24.3 Å². The van der Waals surface area contributed by atoms with Crippen LogP contribution in [0.25, 0.3) is 15.9 Å². The molecule has 0 aliphatic heterocycles. The van der Waals surface area contributed by atoms with E-state index in [2.05, 4.69) is 54.4 Å². The van der Waals surface area contributed by atoms with Crippen molar-refractivity contribution in [3.8, 4) is 5.69 Å². The molecule has 0 radical (unpaired) electrons. The summed E-state index contributed by atoms with van der Waals surface area (Å²) in [5.74, 6) is 0. The van der Waals surface area contributed by atoms with Crippen LogP contribution in [0.1, 0.15) is 4.88 Å². The molecule has 0 saturated heterocycles. The summed E-state index contributed by atoms with van der Waals surface area (Å²) in [6.07, 6.45) is 1.58. The third-order valence-corrected chi connectivity index (χ3v) is 5.56. The van der Waals surface area contributed by atoms with Gasteiger partial charge in [0.2, 0.25) is 5.16 Å². The third-order valence-electron chi connectivity index (χ3n) is 3.12. The van der Waals surface area contributed by atoms with Crippen molar-refractivity contribution in [3.05, 3.63) is 46.0 Å². The van der Waals surface area contributed by atoms with Gasteiger partial charge in [-0.1, -0.05) is 15.9 Å². The van der Waals surface area contributed by atoms with Crippen LogP contribution in [-0.2, 0) is 0 Å². The fourth-order valence-corrected chi connectivity index (χ4v) is 4.13. The summed E-state index contributed by atoms with van der Waals surface area (Å²) in [4.78, 5) is 10.9. The molecule has 23 heavy (non-hydrogen) atoms. The van der Waals surface area contributed by atoms with Gasteiger partial charge in [-0.15, -0.1) is 16.4 Å². The Kier molecular flexibility index (Phi) is 3.83. The Bertz CT molecular complexity index is 979. The summed E-state index contributed by atoms with van der Waals surface area (Å²) < 4.78 is 2.71. The lowest BCUT2D eigenvalue weighted by Crippen LogP contribution is -1.99. The van der Waals surface area contributed by atoms with Gasteiger partial charge >= 0.3 is 0 Å². The van der Waals surface area contributed by atoms with Gasteiger partial charge in [-0.25, -0.2) is 9.97 Å². The molecular weight excluding hydrogens is 396 g/mol. The minimum atomic E-state index is 0.663. The number of halogens is 1. The van der Waals surface area contributed by atoms with Crippen LogP contribution in [0.3, 0.4) is 0 Å². The van der Waals surface area contributed by atoms with Crippen LogP contribution >= 0.6 is 39.0 Å². The molecule has 0 bridgehead atoms. The summed E-state index contributed by atoms with van der Waals surface area (Å²) in [7, 11) is 0. The normalized spacial score (nSPS) is 11.2. The van der Waals surface area contributed by atoms with Gasteiger partial charge in [0, 0.05) is 14.7 Å². The minimum absolute atomic E-state index is 0.663. The van der Waals surface area contributed by atoms with Crippen LogP contribution < -0.4 is 0 Å². The highest BCUT2D eigenvalue weighted by atomic mass is 79.9. The number of aryl methyl sites for hydroxylation is 1. The van der Waals surface area contributed by atoms with Gasteiger partial charge in [0.05, 0.1) is 5.69 Å². The Hall–Kier alpha value is -1.84. The molecule has 0 aliphatic carbocycles. The first-order valence-electron chi connectivity index (χ1n) is 6.64. The topological polar surface area (TPSA) is 69.4 Å². The fourth-order valence-electron chi connectivity index (χ4n) is 2.11. The fraction of sp³-hybridized carbons (Fsp3) is 0.0714. The van der Waals surface area contributed by atoms with Crippen molar-refractivity contribution in [2.45, 2.75) is 17.1 Å². The zero-order chi connectivity index (χ0) is 15.8. The highest BCUT2D eigenvalue weighted by Gasteiger charge is 2.14. The molecule has 0 N–H and O–H groups in total. The molecule has 4 rings (SSSR count). The number of nitrogens with zero attached hydrogens (tertiary/aromatic N) is 6. The van der Waals surface area contributed by atoms with E-state index in [1.54, 1.807) is 22.3 Å². The van der Waals surface area contributed by atoms with Gasteiger partial charge in [-0.3, -0.25) is 0 Å². The van der Waals surface area contributed by atoms with E-state index in [0.717, 1.165) is 25.4 Å². The summed E-state index contributed by atoms with van der Waals surface area (Å²) in [6, 6.07) is 9.91. The number of hydrogen-bond acceptors (Lipinski definition) is 7. The SMILES string of the molecule is Cc1cc2c(Sc3nnnn3-c3ccc(Br)cc3)ncnc2s1. The van der Waals surface area contributed by atoms with Crippen LogP contribution in [0.5, 0.6) is 0 Å². The molecule has 6 nitrogen and oxygen atoms in total. The Morgan fingerprint density at radius 3 is 2.83 bits per heavy atom. The van der Waals surface area contributed by atoms with Crippen LogP contribution in [0, 0.1) is 6.92 Å². The van der Waals surface area contributed by atoms with Crippen molar-refractivity contribution < 1.29 is 0 Å². The zero-order valence-electron chi connectivity index (χ0n) is 11.8. The molecule has 0 spiro atoms. The van der Waals surface area contributed by atoms with Crippen LogP contribution in [0.4, 0.5) is 0 Å². The van der Waals surface area contributed by atoms with Crippen molar-refractivity contribution in [3.63, 3.8) is 0 Å². The summed E-state index contributed by atoms with van der Waals surface area (Å²) in [5, 5.41) is 14.5. The first kappa shape index (κ1) is 14.7. The highest BCUT2D eigenvalue weighted by Crippen LogP contribution is 2.33. The van der Waals surface area contributed by atoms with E-state index in [1.165, 1.54) is 16.6 Å². The summed E-state index contributed by atoms with van der Waals surface area (Å²) in [6.45, 7) is 2.06. The van der Waals surface area contributed by atoms with Crippen molar-refractivity contribution in [1.82, 2.24) is 30.2 Å². The Morgan fingerprint density at radius 2 is 2.00 bits per heavy atom. The number of tetrazole rings is 1. The van der Waals surface area contributed by atoms with Crippen LogP contribution in [0.2, 0.25) is 0 Å². The summed E-state index contributed by atoms with van der Waals surface area (Å²) in [5.41, 5.74) is 0.896. The van der Waals surface area contributed by atoms with Gasteiger partial charge in [0.25, 0.3) is 0 Å². The largest absolute Gasteiger partial charge is 0.229 e. The van der Waals surface area contributed by atoms with Gasteiger partial charge in [-0.2, -0.15) is 4.68 Å². The molecule has 1 aromatic carbocycles. The highest BCUT2D eigenvalue weighted by molar-refractivity contribution is 9.10. The number of fused-ring (bicyclic) bond motifs is 1. The van der Waals surface area contributed by atoms with Crippen molar-refractivity contribution >= 4 is 49.2 Å². The monoisotopic (exact) mass is 404 g/mol. The molecule has 114 valence electrons. The quantitative estimate of drug-likeness (QED) is 0.482. The summed E-state index contributed by atoms with van der Waals surface area (Å²) >= 11 is 6.51. The van der Waals surface area contributed by atoms with E-state index >= 15 is 0 Å². The second kappa shape index (κ2) is 5.99. The van der Waals surface area contributed by atoms with Gasteiger partial charge in [0.15, 0.2) is 0 Å². The average molecular weight is 405 g/mol. The lowest BCUT2D eigenvalue weighted by molar-refractivity contribution is 0.756. The number of thiophene rings is 1. The van der Waals surface area contributed by atoms with Gasteiger partial charge in [-0.05, 0) is 59.4 Å². The van der Waals surface area contributed by atoms with E-state index in [9.17, 15) is 0 Å². The first-order valence-corrected chi connectivity index (χ1v) is 9.06. The van der Waals surface area contributed by atoms with E-state index in [0.29, 0.717) is 5.16 Å². The Morgan fingerprint density at radius 1 is 1.17 bits per heavy atom. The minimum Gasteiger partial charge on any atom is -0.229 e. The molecule has 0 unspecified atom stereocenters. The van der Waals surface area contributed by atoms with Gasteiger partial charge in [0.1, 0.15) is 16.2 Å². The molecule has 4 aromatic rings. The molecule has 0 aliphatic rings. The molecule has 3 aromatic heterocycles. The lowest BCUT2D eigenvalue weighted by atomic mass is 10.3. The van der Waals surface area contributed by atoms with Crippen molar-refractivity contribution in [1.29, 1.82) is 0 Å². The second-order valence-electron chi connectivity index (χ2n) is 4.71. The number of rotatable bonds is 3. The van der Waals surface area contributed by atoms with Crippen LogP contribution in [0.15, 0.2) is 51.3 Å². The number of hydrogen-bond donors (Lipinski definition) is 0. The Labute approximate surface area is 148 Å². The maximum Gasteiger partial charge on any atom is 0.220 e. The molecule has 3 heterocycles. The molecule has 9 heteroatoms. The first-order chi connectivity index (χ1) is 11.2. The Balaban J connectivity index is 1.75. The standard InChI is InChI=1S/C14H9BrN6S2/c1-8-6-11-12(22-8)16-7-17-13(11)23-14-18-19-20-21(14)10-4-2-9(15)3-5-10/h2-7H,1H3. The smallest absolute Gasteiger partial charge is 0.220 e. The molecular formula is C14H9BrN6S2. The van der Waals surface area contributed by atoms with E-state index in [4.69, 9.17) is 0 Å². The molecule has 0 saturated carbocycles. The molecule has 0 amide bonds. The zero-order valence-corrected chi connectivity index (χ0v) is 15.1. The van der Waals surface area contributed by atoms with Crippen molar-refractivity contribution in [2.24, 2.45) is 0 Å². The number of aromatic nitrogens is 6. The van der Waals surface area contributed by atoms with E-state index < -0.39 is 0 Å². The molecule has 0 fully saturated rings. The average Bonchev–Trinajstić information content (AvgIpc) is 3.14.